The molecule has 0 saturated heterocycles. The Morgan fingerprint density at radius 1 is 1.37 bits per heavy atom. The minimum atomic E-state index is 0.232. The molecule has 1 N–H and O–H groups in total. The molecule has 0 heterocycles. The van der Waals surface area contributed by atoms with Gasteiger partial charge in [0.2, 0.25) is 0 Å². The summed E-state index contributed by atoms with van der Waals surface area (Å²) in [5.41, 5.74) is 1.31. The summed E-state index contributed by atoms with van der Waals surface area (Å²) in [5, 5.41) is 3.54. The van der Waals surface area contributed by atoms with E-state index in [-0.39, 0.29) is 6.10 Å². The third-order valence-electron chi connectivity index (χ3n) is 3.23. The zero-order chi connectivity index (χ0) is 13.7. The maximum atomic E-state index is 5.73. The van der Waals surface area contributed by atoms with Gasteiger partial charge < -0.3 is 15.0 Å². The van der Waals surface area contributed by atoms with E-state index in [1.807, 2.05) is 6.07 Å². The molecule has 1 aliphatic rings. The molecule has 0 aromatic heterocycles. The summed E-state index contributed by atoms with van der Waals surface area (Å²) in [7, 11) is 2.17. The first-order valence-corrected chi connectivity index (χ1v) is 7.31. The summed E-state index contributed by atoms with van der Waals surface area (Å²) in [6, 6.07) is 9.21. The summed E-state index contributed by atoms with van der Waals surface area (Å²) in [6.45, 7) is 7.27. The van der Waals surface area contributed by atoms with Crippen molar-refractivity contribution in [2.24, 2.45) is 0 Å². The summed E-state index contributed by atoms with van der Waals surface area (Å²) >= 11 is 0. The second kappa shape index (κ2) is 6.92. The minimum absolute atomic E-state index is 0.232. The van der Waals surface area contributed by atoms with E-state index in [9.17, 15) is 0 Å². The van der Waals surface area contributed by atoms with Gasteiger partial charge in [0.1, 0.15) is 5.75 Å². The van der Waals surface area contributed by atoms with Crippen molar-refractivity contribution >= 4 is 0 Å². The SMILES string of the molecule is CC(C)Oc1cccc(CN(C)CCNC2CC2)c1. The van der Waals surface area contributed by atoms with Crippen LogP contribution in [-0.2, 0) is 6.54 Å². The monoisotopic (exact) mass is 262 g/mol. The number of rotatable bonds is 8. The molecular weight excluding hydrogens is 236 g/mol. The molecule has 0 atom stereocenters. The second-order valence-electron chi connectivity index (χ2n) is 5.78. The highest BCUT2D eigenvalue weighted by molar-refractivity contribution is 5.28. The molecule has 0 bridgehead atoms. The van der Waals surface area contributed by atoms with Crippen molar-refractivity contribution in [3.05, 3.63) is 29.8 Å². The van der Waals surface area contributed by atoms with Gasteiger partial charge in [-0.05, 0) is 51.4 Å². The molecule has 0 aliphatic heterocycles. The van der Waals surface area contributed by atoms with Crippen molar-refractivity contribution in [2.75, 3.05) is 20.1 Å². The van der Waals surface area contributed by atoms with Crippen LogP contribution in [0.1, 0.15) is 32.3 Å². The molecule has 1 fully saturated rings. The van der Waals surface area contributed by atoms with Crippen molar-refractivity contribution in [2.45, 2.75) is 45.4 Å². The lowest BCUT2D eigenvalue weighted by Gasteiger charge is -2.18. The Morgan fingerprint density at radius 2 is 2.16 bits per heavy atom. The van der Waals surface area contributed by atoms with Crippen LogP contribution >= 0.6 is 0 Å². The zero-order valence-electron chi connectivity index (χ0n) is 12.4. The number of benzene rings is 1. The lowest BCUT2D eigenvalue weighted by Crippen LogP contribution is -2.30. The van der Waals surface area contributed by atoms with Crippen LogP contribution in [-0.4, -0.2) is 37.2 Å². The quantitative estimate of drug-likeness (QED) is 0.779. The Kier molecular flexibility index (Phi) is 5.23. The van der Waals surface area contributed by atoms with E-state index >= 15 is 0 Å². The minimum Gasteiger partial charge on any atom is -0.491 e. The predicted octanol–water partition coefficient (Wildman–Crippen LogP) is 2.66. The predicted molar refractivity (Wildman–Crippen MR) is 79.6 cm³/mol. The number of hydrogen-bond donors (Lipinski definition) is 1. The lowest BCUT2D eigenvalue weighted by atomic mass is 10.2. The number of nitrogens with one attached hydrogen (secondary N) is 1. The maximum absolute atomic E-state index is 5.73. The summed E-state index contributed by atoms with van der Waals surface area (Å²) in [4.78, 5) is 2.35. The van der Waals surface area contributed by atoms with Gasteiger partial charge >= 0.3 is 0 Å². The molecule has 106 valence electrons. The summed E-state index contributed by atoms with van der Waals surface area (Å²) < 4.78 is 5.73. The van der Waals surface area contributed by atoms with E-state index in [0.717, 1.165) is 31.4 Å². The molecule has 1 aromatic carbocycles. The normalized spacial score (nSPS) is 15.2. The standard InChI is InChI=1S/C16H26N2O/c1-13(2)19-16-6-4-5-14(11-16)12-18(3)10-9-17-15-7-8-15/h4-6,11,13,15,17H,7-10,12H2,1-3H3. The molecule has 0 amide bonds. The van der Waals surface area contributed by atoms with Gasteiger partial charge in [-0.3, -0.25) is 0 Å². The lowest BCUT2D eigenvalue weighted by molar-refractivity contribution is 0.241. The fourth-order valence-corrected chi connectivity index (χ4v) is 2.13. The first-order chi connectivity index (χ1) is 9.13. The smallest absolute Gasteiger partial charge is 0.120 e. The van der Waals surface area contributed by atoms with Crippen LogP contribution in [0, 0.1) is 0 Å². The van der Waals surface area contributed by atoms with Crippen molar-refractivity contribution in [3.63, 3.8) is 0 Å². The summed E-state index contributed by atoms with van der Waals surface area (Å²) in [6.07, 6.45) is 2.95. The first-order valence-electron chi connectivity index (χ1n) is 7.31. The summed E-state index contributed by atoms with van der Waals surface area (Å²) in [5.74, 6) is 0.969. The molecule has 3 heteroatoms. The average Bonchev–Trinajstić information content (AvgIpc) is 3.12. The van der Waals surface area contributed by atoms with E-state index in [1.54, 1.807) is 0 Å². The molecule has 19 heavy (non-hydrogen) atoms. The first kappa shape index (κ1) is 14.4. The Bertz CT molecular complexity index is 388. The highest BCUT2D eigenvalue weighted by Crippen LogP contribution is 2.18. The largest absolute Gasteiger partial charge is 0.491 e. The van der Waals surface area contributed by atoms with Gasteiger partial charge in [-0.2, -0.15) is 0 Å². The Labute approximate surface area is 116 Å². The van der Waals surface area contributed by atoms with Gasteiger partial charge in [-0.25, -0.2) is 0 Å². The molecule has 0 radical (unpaired) electrons. The van der Waals surface area contributed by atoms with Crippen molar-refractivity contribution in [1.29, 1.82) is 0 Å². The van der Waals surface area contributed by atoms with E-state index in [2.05, 4.69) is 49.3 Å². The van der Waals surface area contributed by atoms with Gasteiger partial charge in [-0.15, -0.1) is 0 Å². The van der Waals surface area contributed by atoms with Crippen molar-refractivity contribution in [3.8, 4) is 5.75 Å². The molecule has 1 saturated carbocycles. The van der Waals surface area contributed by atoms with Crippen LogP contribution in [0.4, 0.5) is 0 Å². The van der Waals surface area contributed by atoms with E-state index < -0.39 is 0 Å². The fourth-order valence-electron chi connectivity index (χ4n) is 2.13. The maximum Gasteiger partial charge on any atom is 0.120 e. The molecule has 1 aliphatic carbocycles. The highest BCUT2D eigenvalue weighted by atomic mass is 16.5. The molecule has 0 unspecified atom stereocenters. The third kappa shape index (κ3) is 5.62. The van der Waals surface area contributed by atoms with Crippen LogP contribution < -0.4 is 10.1 Å². The highest BCUT2D eigenvalue weighted by Gasteiger charge is 2.19. The van der Waals surface area contributed by atoms with Crippen LogP contribution in [0.5, 0.6) is 5.75 Å². The second-order valence-corrected chi connectivity index (χ2v) is 5.78. The van der Waals surface area contributed by atoms with Crippen LogP contribution in [0.3, 0.4) is 0 Å². The van der Waals surface area contributed by atoms with Gasteiger partial charge in [0, 0.05) is 25.7 Å². The van der Waals surface area contributed by atoms with E-state index in [0.29, 0.717) is 0 Å². The Morgan fingerprint density at radius 3 is 2.84 bits per heavy atom. The van der Waals surface area contributed by atoms with Crippen molar-refractivity contribution < 1.29 is 4.74 Å². The van der Waals surface area contributed by atoms with Crippen LogP contribution in [0.25, 0.3) is 0 Å². The molecule has 1 aromatic rings. The zero-order valence-corrected chi connectivity index (χ0v) is 12.4. The average molecular weight is 262 g/mol. The number of nitrogens with zero attached hydrogens (tertiary/aromatic N) is 1. The van der Waals surface area contributed by atoms with Crippen LogP contribution in [0.2, 0.25) is 0 Å². The van der Waals surface area contributed by atoms with Gasteiger partial charge in [0.05, 0.1) is 6.10 Å². The van der Waals surface area contributed by atoms with Gasteiger partial charge in [-0.1, -0.05) is 12.1 Å². The van der Waals surface area contributed by atoms with Gasteiger partial charge in [0.25, 0.3) is 0 Å². The third-order valence-corrected chi connectivity index (χ3v) is 3.23. The number of hydrogen-bond acceptors (Lipinski definition) is 3. The van der Waals surface area contributed by atoms with Crippen molar-refractivity contribution in [1.82, 2.24) is 10.2 Å². The topological polar surface area (TPSA) is 24.5 Å². The fraction of sp³-hybridized carbons (Fsp3) is 0.625. The van der Waals surface area contributed by atoms with Gasteiger partial charge in [0.15, 0.2) is 0 Å². The number of ether oxygens (including phenoxy) is 1. The molecule has 3 nitrogen and oxygen atoms in total. The Balaban J connectivity index is 1.76. The van der Waals surface area contributed by atoms with E-state index in [4.69, 9.17) is 4.74 Å². The van der Waals surface area contributed by atoms with E-state index in [1.165, 1.54) is 18.4 Å². The molecule has 0 spiro atoms. The molecular formula is C16H26N2O. The molecule has 2 rings (SSSR count). The number of likely N-dealkylation sites (N-methyl/N-ethyl adjacent to an activating group) is 1. The Hall–Kier alpha value is -1.06. The van der Waals surface area contributed by atoms with Crippen LogP contribution in [0.15, 0.2) is 24.3 Å².